The second-order valence-corrected chi connectivity index (χ2v) is 3.85. The highest BCUT2D eigenvalue weighted by Crippen LogP contribution is 2.28. The molecule has 88 valence electrons. The number of hydrogen-bond donors (Lipinski definition) is 0. The zero-order chi connectivity index (χ0) is 11.9. The standard InChI is InChI=1S/C11H20O4/c1-5-7-11(4,6-2)10(13)15-8-14-9(3)12/h5-8H2,1-4H3. The first kappa shape index (κ1) is 13.9. The molecule has 0 aliphatic heterocycles. The van der Waals surface area contributed by atoms with Crippen LogP contribution in [0, 0.1) is 5.41 Å². The maximum absolute atomic E-state index is 11.7. The van der Waals surface area contributed by atoms with Gasteiger partial charge in [0.1, 0.15) is 0 Å². The fourth-order valence-electron chi connectivity index (χ4n) is 1.32. The monoisotopic (exact) mass is 216 g/mol. The van der Waals surface area contributed by atoms with Gasteiger partial charge in [0.15, 0.2) is 0 Å². The van der Waals surface area contributed by atoms with E-state index in [-0.39, 0.29) is 12.8 Å². The molecule has 0 saturated heterocycles. The molecule has 4 heteroatoms. The highest BCUT2D eigenvalue weighted by Gasteiger charge is 2.31. The predicted molar refractivity (Wildman–Crippen MR) is 56.0 cm³/mol. The average Bonchev–Trinajstić information content (AvgIpc) is 2.17. The van der Waals surface area contributed by atoms with Gasteiger partial charge in [-0.1, -0.05) is 20.3 Å². The lowest BCUT2D eigenvalue weighted by Gasteiger charge is -2.24. The smallest absolute Gasteiger partial charge is 0.314 e. The first-order valence-corrected chi connectivity index (χ1v) is 5.27. The van der Waals surface area contributed by atoms with Crippen LogP contribution in [0.25, 0.3) is 0 Å². The van der Waals surface area contributed by atoms with Crippen molar-refractivity contribution in [2.24, 2.45) is 5.41 Å². The van der Waals surface area contributed by atoms with Gasteiger partial charge in [-0.2, -0.15) is 0 Å². The molecule has 0 fully saturated rings. The number of rotatable bonds is 6. The summed E-state index contributed by atoms with van der Waals surface area (Å²) in [5, 5.41) is 0. The van der Waals surface area contributed by atoms with Crippen LogP contribution in [0.2, 0.25) is 0 Å². The molecule has 0 aromatic carbocycles. The second-order valence-electron chi connectivity index (χ2n) is 3.85. The van der Waals surface area contributed by atoms with Crippen molar-refractivity contribution in [2.45, 2.75) is 47.0 Å². The summed E-state index contributed by atoms with van der Waals surface area (Å²) in [6.07, 6.45) is 2.43. The molecule has 0 spiro atoms. The summed E-state index contributed by atoms with van der Waals surface area (Å²) in [7, 11) is 0. The molecule has 15 heavy (non-hydrogen) atoms. The Kier molecular flexibility index (Phi) is 5.97. The minimum absolute atomic E-state index is 0.284. The van der Waals surface area contributed by atoms with E-state index in [2.05, 4.69) is 4.74 Å². The number of esters is 2. The van der Waals surface area contributed by atoms with Crippen LogP contribution in [0.1, 0.15) is 47.0 Å². The highest BCUT2D eigenvalue weighted by molar-refractivity contribution is 5.76. The molecule has 0 N–H and O–H groups in total. The quantitative estimate of drug-likeness (QED) is 0.505. The molecule has 0 bridgehead atoms. The lowest BCUT2D eigenvalue weighted by atomic mass is 9.83. The summed E-state index contributed by atoms with van der Waals surface area (Å²) in [5.41, 5.74) is -0.463. The van der Waals surface area contributed by atoms with Crippen molar-refractivity contribution < 1.29 is 19.1 Å². The fraction of sp³-hybridized carbons (Fsp3) is 0.818. The van der Waals surface area contributed by atoms with E-state index in [9.17, 15) is 9.59 Å². The van der Waals surface area contributed by atoms with Gasteiger partial charge < -0.3 is 9.47 Å². The van der Waals surface area contributed by atoms with E-state index in [4.69, 9.17) is 4.74 Å². The Morgan fingerprint density at radius 3 is 2.20 bits per heavy atom. The molecule has 0 aliphatic carbocycles. The molecule has 0 aromatic rings. The van der Waals surface area contributed by atoms with Crippen molar-refractivity contribution in [3.63, 3.8) is 0 Å². The van der Waals surface area contributed by atoms with Crippen LogP contribution < -0.4 is 0 Å². The maximum Gasteiger partial charge on any atom is 0.314 e. The first-order valence-electron chi connectivity index (χ1n) is 5.27. The Labute approximate surface area is 90.9 Å². The third kappa shape index (κ3) is 4.81. The van der Waals surface area contributed by atoms with Gasteiger partial charge in [0.2, 0.25) is 6.79 Å². The van der Waals surface area contributed by atoms with Crippen LogP contribution in [0.4, 0.5) is 0 Å². The Morgan fingerprint density at radius 2 is 1.80 bits per heavy atom. The Balaban J connectivity index is 4.09. The maximum atomic E-state index is 11.7. The van der Waals surface area contributed by atoms with Crippen molar-refractivity contribution >= 4 is 11.9 Å². The largest absolute Gasteiger partial charge is 0.428 e. The summed E-state index contributed by atoms with van der Waals surface area (Å²) >= 11 is 0. The van der Waals surface area contributed by atoms with E-state index in [1.54, 1.807) is 0 Å². The van der Waals surface area contributed by atoms with Gasteiger partial charge in [-0.15, -0.1) is 0 Å². The highest BCUT2D eigenvalue weighted by atomic mass is 16.7. The van der Waals surface area contributed by atoms with E-state index in [1.807, 2.05) is 20.8 Å². The van der Waals surface area contributed by atoms with E-state index >= 15 is 0 Å². The number of carbonyl (C=O) groups excluding carboxylic acids is 2. The molecule has 0 aromatic heterocycles. The van der Waals surface area contributed by atoms with E-state index < -0.39 is 11.4 Å². The van der Waals surface area contributed by atoms with Crippen molar-refractivity contribution in [2.75, 3.05) is 6.79 Å². The van der Waals surface area contributed by atoms with Gasteiger partial charge in [0.05, 0.1) is 5.41 Å². The van der Waals surface area contributed by atoms with E-state index in [0.717, 1.165) is 19.3 Å². The molecule has 0 rings (SSSR count). The molecule has 1 unspecified atom stereocenters. The molecule has 4 nitrogen and oxygen atoms in total. The zero-order valence-corrected chi connectivity index (χ0v) is 9.96. The molecule has 0 radical (unpaired) electrons. The van der Waals surface area contributed by atoms with Crippen LogP contribution >= 0.6 is 0 Å². The number of hydrogen-bond acceptors (Lipinski definition) is 4. The minimum atomic E-state index is -0.463. The summed E-state index contributed by atoms with van der Waals surface area (Å²) in [6, 6.07) is 0. The average molecular weight is 216 g/mol. The van der Waals surface area contributed by atoms with Crippen LogP contribution in [-0.4, -0.2) is 18.7 Å². The van der Waals surface area contributed by atoms with Crippen LogP contribution in [0.15, 0.2) is 0 Å². The van der Waals surface area contributed by atoms with Crippen LogP contribution in [0.3, 0.4) is 0 Å². The van der Waals surface area contributed by atoms with Crippen molar-refractivity contribution in [3.8, 4) is 0 Å². The fourth-order valence-corrected chi connectivity index (χ4v) is 1.32. The molecule has 0 amide bonds. The van der Waals surface area contributed by atoms with Crippen LogP contribution in [-0.2, 0) is 19.1 Å². The third-order valence-corrected chi connectivity index (χ3v) is 2.53. The Hall–Kier alpha value is -1.06. The number of carbonyl (C=O) groups is 2. The zero-order valence-electron chi connectivity index (χ0n) is 9.96. The van der Waals surface area contributed by atoms with Gasteiger partial charge >= 0.3 is 11.9 Å². The molecular weight excluding hydrogens is 196 g/mol. The summed E-state index contributed by atoms with van der Waals surface area (Å²) in [4.78, 5) is 22.1. The van der Waals surface area contributed by atoms with Gasteiger partial charge in [-0.25, -0.2) is 0 Å². The third-order valence-electron chi connectivity index (χ3n) is 2.53. The minimum Gasteiger partial charge on any atom is -0.428 e. The lowest BCUT2D eigenvalue weighted by molar-refractivity contribution is -0.173. The van der Waals surface area contributed by atoms with Gasteiger partial charge in [-0.05, 0) is 19.8 Å². The van der Waals surface area contributed by atoms with Crippen molar-refractivity contribution in [3.05, 3.63) is 0 Å². The molecule has 0 saturated carbocycles. The summed E-state index contributed by atoms with van der Waals surface area (Å²) < 4.78 is 9.43. The second kappa shape index (κ2) is 6.43. The van der Waals surface area contributed by atoms with Gasteiger partial charge in [0.25, 0.3) is 0 Å². The van der Waals surface area contributed by atoms with Gasteiger partial charge in [-0.3, -0.25) is 9.59 Å². The van der Waals surface area contributed by atoms with Crippen molar-refractivity contribution in [1.29, 1.82) is 0 Å². The molecule has 0 heterocycles. The SMILES string of the molecule is CCCC(C)(CC)C(=O)OCOC(C)=O. The molecular formula is C11H20O4. The van der Waals surface area contributed by atoms with E-state index in [0.29, 0.717) is 0 Å². The molecule has 1 atom stereocenters. The van der Waals surface area contributed by atoms with Crippen molar-refractivity contribution in [1.82, 2.24) is 0 Å². The van der Waals surface area contributed by atoms with E-state index in [1.165, 1.54) is 6.92 Å². The Bertz CT molecular complexity index is 225. The molecule has 0 aliphatic rings. The first-order chi connectivity index (χ1) is 6.96. The van der Waals surface area contributed by atoms with Crippen LogP contribution in [0.5, 0.6) is 0 Å². The topological polar surface area (TPSA) is 52.6 Å². The van der Waals surface area contributed by atoms with Gasteiger partial charge in [0, 0.05) is 6.92 Å². The predicted octanol–water partition coefficient (Wildman–Crippen LogP) is 2.27. The lowest BCUT2D eigenvalue weighted by Crippen LogP contribution is -2.30. The number of ether oxygens (including phenoxy) is 2. The Morgan fingerprint density at radius 1 is 1.20 bits per heavy atom. The normalized spacial score (nSPS) is 14.1. The summed E-state index contributed by atoms with van der Waals surface area (Å²) in [5.74, 6) is -0.746. The summed E-state index contributed by atoms with van der Waals surface area (Å²) in [6.45, 7) is 6.83.